The molecule has 0 bridgehead atoms. The Balaban J connectivity index is 1.43. The third kappa shape index (κ3) is 6.68. The fourth-order valence-corrected chi connectivity index (χ4v) is 4.98. The molecule has 11 nitrogen and oxygen atoms in total. The van der Waals surface area contributed by atoms with E-state index < -0.39 is 0 Å². The van der Waals surface area contributed by atoms with Crippen LogP contribution in [-0.2, 0) is 6.54 Å². The van der Waals surface area contributed by atoms with E-state index in [1.165, 1.54) is 12.1 Å². The van der Waals surface area contributed by atoms with Gasteiger partial charge in [0.2, 0.25) is 0 Å². The molecule has 1 aromatic heterocycles. The lowest BCUT2D eigenvalue weighted by Gasteiger charge is -2.20. The first-order valence-corrected chi connectivity index (χ1v) is 13.9. The van der Waals surface area contributed by atoms with Gasteiger partial charge in [-0.3, -0.25) is 9.48 Å². The molecule has 2 aromatic carbocycles. The number of carbonyl (C=O) groups is 1. The molecule has 0 fully saturated rings. The lowest BCUT2D eigenvalue weighted by molar-refractivity contribution is 0.103. The number of aliphatic hydroxyl groups excluding tert-OH is 1. The standard InChI is InChI=1S/C28H41N7O4/c29-9-3-12-30-10-1-2-11-31-13-4-14-33-19-5-6-20-24-23(19)28(39)26-22(38)8-7-21(37)25(26)27(24)34-35(20)17-15-32-16-18-36/h5-8,30-33,36-38H,1-4,9-18,29H2. The van der Waals surface area contributed by atoms with Crippen LogP contribution in [0.15, 0.2) is 24.3 Å². The highest BCUT2D eigenvalue weighted by Gasteiger charge is 2.35. The lowest BCUT2D eigenvalue weighted by Crippen LogP contribution is -2.23. The quantitative estimate of drug-likeness (QED) is 0.0682. The number of carbonyl (C=O) groups excluding carboxylic acids is 1. The SMILES string of the molecule is NCCCNCCCCNCCCNc1ccc2c3c(nn2CCNCCO)-c2c(O)ccc(O)c2C(=O)c13. The molecule has 3 aromatic rings. The van der Waals surface area contributed by atoms with Crippen LogP contribution in [0.1, 0.15) is 41.6 Å². The predicted octanol–water partition coefficient (Wildman–Crippen LogP) is 1.35. The van der Waals surface area contributed by atoms with Gasteiger partial charge < -0.3 is 42.3 Å². The Morgan fingerprint density at radius 3 is 2.15 bits per heavy atom. The van der Waals surface area contributed by atoms with Crippen molar-refractivity contribution in [2.45, 2.75) is 32.2 Å². The monoisotopic (exact) mass is 539 g/mol. The summed E-state index contributed by atoms with van der Waals surface area (Å²) in [4.78, 5) is 13.7. The average molecular weight is 540 g/mol. The third-order valence-electron chi connectivity index (χ3n) is 6.92. The second-order valence-electron chi connectivity index (χ2n) is 9.74. The van der Waals surface area contributed by atoms with Crippen LogP contribution in [0.5, 0.6) is 11.5 Å². The van der Waals surface area contributed by atoms with E-state index >= 15 is 0 Å². The fourth-order valence-electron chi connectivity index (χ4n) is 4.98. The van der Waals surface area contributed by atoms with Crippen LogP contribution in [0.3, 0.4) is 0 Å². The Bertz CT molecular complexity index is 1260. The molecular weight excluding hydrogens is 498 g/mol. The van der Waals surface area contributed by atoms with Gasteiger partial charge in [-0.05, 0) is 82.7 Å². The molecule has 39 heavy (non-hydrogen) atoms. The number of hydrogen-bond donors (Lipinski definition) is 8. The number of fused-ring (bicyclic) bond motifs is 2. The van der Waals surface area contributed by atoms with Crippen LogP contribution in [0, 0.1) is 0 Å². The molecule has 0 spiro atoms. The molecule has 11 heteroatoms. The van der Waals surface area contributed by atoms with E-state index in [2.05, 4.69) is 21.3 Å². The number of anilines is 1. The molecule has 1 aliphatic rings. The summed E-state index contributed by atoms with van der Waals surface area (Å²) in [6.45, 7) is 6.82. The topological polar surface area (TPSA) is 170 Å². The van der Waals surface area contributed by atoms with Gasteiger partial charge in [-0.15, -0.1) is 0 Å². The summed E-state index contributed by atoms with van der Waals surface area (Å²) < 4.78 is 1.80. The number of ketones is 1. The summed E-state index contributed by atoms with van der Waals surface area (Å²) in [5, 5.41) is 49.1. The molecule has 212 valence electrons. The molecule has 1 aliphatic carbocycles. The van der Waals surface area contributed by atoms with E-state index in [4.69, 9.17) is 15.9 Å². The van der Waals surface area contributed by atoms with E-state index in [-0.39, 0.29) is 35.0 Å². The molecule has 0 saturated carbocycles. The van der Waals surface area contributed by atoms with Crippen molar-refractivity contribution < 1.29 is 20.1 Å². The minimum absolute atomic E-state index is 0.0436. The number of aliphatic hydroxyl groups is 1. The first-order chi connectivity index (χ1) is 19.1. The number of unbranched alkanes of at least 4 members (excludes halogenated alkanes) is 1. The number of benzene rings is 2. The summed E-state index contributed by atoms with van der Waals surface area (Å²) in [7, 11) is 0. The third-order valence-corrected chi connectivity index (χ3v) is 6.92. The van der Waals surface area contributed by atoms with Crippen LogP contribution in [0.25, 0.3) is 22.2 Å². The van der Waals surface area contributed by atoms with E-state index in [0.717, 1.165) is 63.9 Å². The number of nitrogens with one attached hydrogen (secondary N) is 4. The Kier molecular flexibility index (Phi) is 10.5. The summed E-state index contributed by atoms with van der Waals surface area (Å²) in [5.74, 6) is -0.614. The fraction of sp³-hybridized carbons (Fsp3) is 0.500. The van der Waals surface area contributed by atoms with Gasteiger partial charge in [0.1, 0.15) is 17.2 Å². The molecule has 1 heterocycles. The molecule has 9 N–H and O–H groups in total. The van der Waals surface area contributed by atoms with Crippen LogP contribution < -0.4 is 27.0 Å². The van der Waals surface area contributed by atoms with E-state index in [1.807, 2.05) is 12.1 Å². The Morgan fingerprint density at radius 1 is 0.769 bits per heavy atom. The average Bonchev–Trinajstić information content (AvgIpc) is 3.30. The van der Waals surface area contributed by atoms with Gasteiger partial charge in [-0.25, -0.2) is 0 Å². The number of aromatic hydroxyl groups is 2. The van der Waals surface area contributed by atoms with Crippen molar-refractivity contribution in [3.05, 3.63) is 35.4 Å². The Labute approximate surface area is 228 Å². The van der Waals surface area contributed by atoms with E-state index in [1.54, 1.807) is 4.68 Å². The molecule has 0 amide bonds. The highest BCUT2D eigenvalue weighted by Crippen LogP contribution is 2.47. The summed E-state index contributed by atoms with van der Waals surface area (Å²) >= 11 is 0. The first kappa shape index (κ1) is 28.8. The van der Waals surface area contributed by atoms with Gasteiger partial charge >= 0.3 is 0 Å². The van der Waals surface area contributed by atoms with Crippen molar-refractivity contribution in [3.63, 3.8) is 0 Å². The van der Waals surface area contributed by atoms with Gasteiger partial charge in [-0.1, -0.05) is 0 Å². The number of hydrogen-bond acceptors (Lipinski definition) is 10. The van der Waals surface area contributed by atoms with Gasteiger partial charge in [0, 0.05) is 30.7 Å². The van der Waals surface area contributed by atoms with Crippen molar-refractivity contribution >= 4 is 22.4 Å². The molecule has 0 aliphatic heterocycles. The van der Waals surface area contributed by atoms with E-state index in [0.29, 0.717) is 48.5 Å². The van der Waals surface area contributed by atoms with Crippen molar-refractivity contribution in [3.8, 4) is 22.8 Å². The zero-order chi connectivity index (χ0) is 27.6. The Morgan fingerprint density at radius 2 is 1.44 bits per heavy atom. The van der Waals surface area contributed by atoms with Gasteiger partial charge in [0.15, 0.2) is 5.78 Å². The van der Waals surface area contributed by atoms with Crippen LogP contribution >= 0.6 is 0 Å². The van der Waals surface area contributed by atoms with Crippen molar-refractivity contribution in [1.82, 2.24) is 25.7 Å². The minimum atomic E-state index is -0.338. The molecule has 0 radical (unpaired) electrons. The molecule has 0 saturated heterocycles. The summed E-state index contributed by atoms with van der Waals surface area (Å²) in [6, 6.07) is 6.53. The number of phenolic OH excluding ortho intramolecular Hbond substituents is 2. The zero-order valence-electron chi connectivity index (χ0n) is 22.4. The largest absolute Gasteiger partial charge is 0.507 e. The predicted molar refractivity (Wildman–Crippen MR) is 154 cm³/mol. The van der Waals surface area contributed by atoms with Crippen molar-refractivity contribution in [1.29, 1.82) is 0 Å². The maximum atomic E-state index is 13.7. The van der Waals surface area contributed by atoms with Crippen molar-refractivity contribution in [2.24, 2.45) is 5.73 Å². The van der Waals surface area contributed by atoms with Crippen molar-refractivity contribution in [2.75, 3.05) is 64.3 Å². The number of rotatable bonds is 18. The number of nitrogens with zero attached hydrogens (tertiary/aromatic N) is 2. The lowest BCUT2D eigenvalue weighted by atomic mass is 9.85. The summed E-state index contributed by atoms with van der Waals surface area (Å²) in [6.07, 6.45) is 4.12. The highest BCUT2D eigenvalue weighted by molar-refractivity contribution is 6.29. The molecule has 0 atom stereocenters. The maximum Gasteiger partial charge on any atom is 0.200 e. The first-order valence-electron chi connectivity index (χ1n) is 13.9. The van der Waals surface area contributed by atoms with Gasteiger partial charge in [-0.2, -0.15) is 5.10 Å². The highest BCUT2D eigenvalue weighted by atomic mass is 16.3. The van der Waals surface area contributed by atoms with Crippen LogP contribution in [-0.4, -0.2) is 89.8 Å². The Hall–Kier alpha value is -3.22. The van der Waals surface area contributed by atoms with Gasteiger partial charge in [0.25, 0.3) is 0 Å². The van der Waals surface area contributed by atoms with Crippen LogP contribution in [0.2, 0.25) is 0 Å². The second kappa shape index (κ2) is 14.2. The number of aromatic nitrogens is 2. The smallest absolute Gasteiger partial charge is 0.200 e. The number of nitrogens with two attached hydrogens (primary N) is 1. The number of phenols is 2. The van der Waals surface area contributed by atoms with E-state index in [9.17, 15) is 15.0 Å². The van der Waals surface area contributed by atoms with Crippen LogP contribution in [0.4, 0.5) is 5.69 Å². The maximum absolute atomic E-state index is 13.7. The second-order valence-corrected chi connectivity index (χ2v) is 9.74. The summed E-state index contributed by atoms with van der Waals surface area (Å²) in [5.41, 5.74) is 8.22. The minimum Gasteiger partial charge on any atom is -0.507 e. The molecular formula is C28H41N7O4. The van der Waals surface area contributed by atoms with Gasteiger partial charge in [0.05, 0.1) is 35.4 Å². The molecule has 4 rings (SSSR count). The normalized spacial score (nSPS) is 12.3. The molecule has 0 unspecified atom stereocenters. The zero-order valence-corrected chi connectivity index (χ0v) is 22.4.